The number of nitrogens with one attached hydrogen (secondary N) is 1. The number of hydrogen-bond donors (Lipinski definition) is 2. The first-order valence-electron chi connectivity index (χ1n) is 5.76. The summed E-state index contributed by atoms with van der Waals surface area (Å²) in [7, 11) is -3.97. The van der Waals surface area contributed by atoms with Gasteiger partial charge in [-0.05, 0) is 25.1 Å². The van der Waals surface area contributed by atoms with E-state index in [2.05, 4.69) is 9.71 Å². The average Bonchev–Trinajstić information content (AvgIpc) is 2.92. The summed E-state index contributed by atoms with van der Waals surface area (Å²) < 4.78 is 40.0. The van der Waals surface area contributed by atoms with Gasteiger partial charge in [0.25, 0.3) is 0 Å². The molecule has 0 spiro atoms. The molecule has 1 atom stereocenters. The normalized spacial score (nSPS) is 13.0. The lowest BCUT2D eigenvalue weighted by Crippen LogP contribution is -2.27. The number of hydrogen-bond acceptors (Lipinski definition) is 5. The number of aromatic carboxylic acids is 1. The van der Waals surface area contributed by atoms with Crippen LogP contribution in [0.15, 0.2) is 34.7 Å². The molecule has 2 N–H and O–H groups in total. The molecule has 0 saturated heterocycles. The first kappa shape index (κ1) is 15.5. The van der Waals surface area contributed by atoms with Crippen LogP contribution in [0, 0.1) is 5.82 Å². The molecule has 112 valence electrons. The summed E-state index contributed by atoms with van der Waals surface area (Å²) in [6, 6.07) is 2.03. The van der Waals surface area contributed by atoms with Gasteiger partial charge in [-0.25, -0.2) is 27.3 Å². The maximum absolute atomic E-state index is 13.3. The molecule has 1 aromatic carbocycles. The van der Waals surface area contributed by atoms with Crippen LogP contribution in [0.1, 0.15) is 28.3 Å². The second-order valence-corrected chi connectivity index (χ2v) is 6.80. The Hall–Kier alpha value is -1.84. The van der Waals surface area contributed by atoms with Gasteiger partial charge in [-0.3, -0.25) is 0 Å². The van der Waals surface area contributed by atoms with Gasteiger partial charge in [-0.15, -0.1) is 11.3 Å². The lowest BCUT2D eigenvalue weighted by molar-refractivity contribution is 0.0691. The summed E-state index contributed by atoms with van der Waals surface area (Å²) in [6.07, 6.45) is 1.55. The van der Waals surface area contributed by atoms with E-state index in [0.29, 0.717) is 5.01 Å². The van der Waals surface area contributed by atoms with Crippen molar-refractivity contribution in [3.05, 3.63) is 46.2 Å². The second kappa shape index (κ2) is 5.88. The quantitative estimate of drug-likeness (QED) is 0.874. The fourth-order valence-electron chi connectivity index (χ4n) is 1.63. The molecule has 6 nitrogen and oxygen atoms in total. The molecule has 2 rings (SSSR count). The fourth-order valence-corrected chi connectivity index (χ4v) is 3.59. The largest absolute Gasteiger partial charge is 0.478 e. The van der Waals surface area contributed by atoms with Gasteiger partial charge in [0, 0.05) is 11.6 Å². The highest BCUT2D eigenvalue weighted by molar-refractivity contribution is 7.89. The molecule has 0 amide bonds. The number of halogens is 1. The predicted molar refractivity (Wildman–Crippen MR) is 74.2 cm³/mol. The second-order valence-electron chi connectivity index (χ2n) is 4.16. The topological polar surface area (TPSA) is 96.4 Å². The van der Waals surface area contributed by atoms with Gasteiger partial charge >= 0.3 is 5.97 Å². The van der Waals surface area contributed by atoms with Gasteiger partial charge in [0.2, 0.25) is 10.0 Å². The van der Waals surface area contributed by atoms with E-state index in [1.165, 1.54) is 11.3 Å². The maximum Gasteiger partial charge on any atom is 0.338 e. The van der Waals surface area contributed by atoms with Crippen LogP contribution in [0.2, 0.25) is 0 Å². The summed E-state index contributed by atoms with van der Waals surface area (Å²) in [5, 5.41) is 11.1. The summed E-state index contributed by atoms with van der Waals surface area (Å²) >= 11 is 1.29. The van der Waals surface area contributed by atoms with Crippen molar-refractivity contribution >= 4 is 27.3 Å². The van der Waals surface area contributed by atoms with E-state index in [1.54, 1.807) is 18.5 Å². The lowest BCUT2D eigenvalue weighted by Gasteiger charge is -2.12. The van der Waals surface area contributed by atoms with Crippen LogP contribution in [-0.2, 0) is 10.0 Å². The molecule has 1 aromatic heterocycles. The van der Waals surface area contributed by atoms with Crippen molar-refractivity contribution in [3.63, 3.8) is 0 Å². The van der Waals surface area contributed by atoms with Crippen LogP contribution in [0.3, 0.4) is 0 Å². The number of rotatable bonds is 5. The number of thiazole rings is 1. The zero-order chi connectivity index (χ0) is 15.6. The average molecular weight is 330 g/mol. The molecule has 1 heterocycles. The van der Waals surface area contributed by atoms with Gasteiger partial charge in [0.05, 0.1) is 16.5 Å². The van der Waals surface area contributed by atoms with Crippen LogP contribution in [0.25, 0.3) is 0 Å². The van der Waals surface area contributed by atoms with Crippen molar-refractivity contribution in [2.75, 3.05) is 0 Å². The number of aromatic nitrogens is 1. The summed E-state index contributed by atoms with van der Waals surface area (Å²) in [4.78, 5) is 14.5. The van der Waals surface area contributed by atoms with E-state index in [4.69, 9.17) is 5.11 Å². The van der Waals surface area contributed by atoms with Gasteiger partial charge in [0.1, 0.15) is 10.8 Å². The monoisotopic (exact) mass is 330 g/mol. The van der Waals surface area contributed by atoms with E-state index in [-0.39, 0.29) is 4.90 Å². The van der Waals surface area contributed by atoms with Crippen LogP contribution < -0.4 is 4.72 Å². The summed E-state index contributed by atoms with van der Waals surface area (Å²) in [6.45, 7) is 1.61. The summed E-state index contributed by atoms with van der Waals surface area (Å²) in [5.41, 5.74) is -0.695. The highest BCUT2D eigenvalue weighted by Gasteiger charge is 2.22. The number of carboxylic acid groups (broad SMARTS) is 1. The minimum absolute atomic E-state index is 0.315. The van der Waals surface area contributed by atoms with Crippen LogP contribution in [0.4, 0.5) is 4.39 Å². The van der Waals surface area contributed by atoms with Gasteiger partial charge in [-0.1, -0.05) is 0 Å². The maximum atomic E-state index is 13.3. The number of nitrogens with zero attached hydrogens (tertiary/aromatic N) is 1. The van der Waals surface area contributed by atoms with E-state index >= 15 is 0 Å². The molecule has 9 heteroatoms. The predicted octanol–water partition coefficient (Wildman–Crippen LogP) is 2.02. The Labute approximate surface area is 124 Å². The molecular weight excluding hydrogens is 319 g/mol. The highest BCUT2D eigenvalue weighted by atomic mass is 32.2. The summed E-state index contributed by atoms with van der Waals surface area (Å²) in [5.74, 6) is -2.52. The minimum atomic E-state index is -3.97. The number of benzene rings is 1. The number of sulfonamides is 1. The third kappa shape index (κ3) is 3.43. The Balaban J connectivity index is 2.32. The first-order chi connectivity index (χ1) is 9.81. The Kier molecular flexibility index (Phi) is 4.35. The van der Waals surface area contributed by atoms with E-state index in [0.717, 1.165) is 18.2 Å². The first-order valence-corrected chi connectivity index (χ1v) is 8.12. The van der Waals surface area contributed by atoms with E-state index < -0.39 is 33.4 Å². The Morgan fingerprint density at radius 3 is 2.76 bits per heavy atom. The third-order valence-corrected chi connectivity index (χ3v) is 5.13. The van der Waals surface area contributed by atoms with Crippen LogP contribution in [-0.4, -0.2) is 24.5 Å². The van der Waals surface area contributed by atoms with Crippen molar-refractivity contribution in [2.24, 2.45) is 0 Å². The number of carboxylic acids is 1. The smallest absolute Gasteiger partial charge is 0.338 e. The molecule has 0 aliphatic rings. The molecule has 2 aromatic rings. The third-order valence-electron chi connectivity index (χ3n) is 2.63. The van der Waals surface area contributed by atoms with Crippen molar-refractivity contribution in [1.29, 1.82) is 0 Å². The molecule has 0 saturated carbocycles. The zero-order valence-corrected chi connectivity index (χ0v) is 12.4. The van der Waals surface area contributed by atoms with Gasteiger partial charge in [-0.2, -0.15) is 0 Å². The molecular formula is C12H11FN2O4S2. The van der Waals surface area contributed by atoms with Crippen molar-refractivity contribution in [2.45, 2.75) is 17.9 Å². The molecule has 1 unspecified atom stereocenters. The molecule has 0 aliphatic heterocycles. The lowest BCUT2D eigenvalue weighted by atomic mass is 10.2. The highest BCUT2D eigenvalue weighted by Crippen LogP contribution is 2.20. The molecule has 0 aliphatic carbocycles. The van der Waals surface area contributed by atoms with Gasteiger partial charge < -0.3 is 5.11 Å². The molecule has 21 heavy (non-hydrogen) atoms. The Bertz CT molecular complexity index is 760. The molecule has 0 bridgehead atoms. The van der Waals surface area contributed by atoms with Crippen LogP contribution in [0.5, 0.6) is 0 Å². The minimum Gasteiger partial charge on any atom is -0.478 e. The molecule has 0 radical (unpaired) electrons. The molecule has 0 fully saturated rings. The van der Waals surface area contributed by atoms with Crippen molar-refractivity contribution in [1.82, 2.24) is 9.71 Å². The zero-order valence-electron chi connectivity index (χ0n) is 10.8. The SMILES string of the molecule is CC(NS(=O)(=O)c1ccc(F)c(C(=O)O)c1)c1nccs1. The van der Waals surface area contributed by atoms with E-state index in [9.17, 15) is 17.6 Å². The Morgan fingerprint density at radius 1 is 1.48 bits per heavy atom. The Morgan fingerprint density at radius 2 is 2.19 bits per heavy atom. The fraction of sp³-hybridized carbons (Fsp3) is 0.167. The van der Waals surface area contributed by atoms with Crippen molar-refractivity contribution < 1.29 is 22.7 Å². The standard InChI is InChI=1S/C12H11FN2O4S2/c1-7(11-14-4-5-20-11)15-21(18,19)8-2-3-10(13)9(6-8)12(16)17/h2-7,15H,1H3,(H,16,17). The van der Waals surface area contributed by atoms with Crippen molar-refractivity contribution in [3.8, 4) is 0 Å². The van der Waals surface area contributed by atoms with E-state index in [1.807, 2.05) is 0 Å². The van der Waals surface area contributed by atoms with Gasteiger partial charge in [0.15, 0.2) is 0 Å². The van der Waals surface area contributed by atoms with Crippen LogP contribution >= 0.6 is 11.3 Å². The number of carbonyl (C=O) groups is 1.